The number of carbonyl (C=O) groups is 1. The van der Waals surface area contributed by atoms with Crippen molar-refractivity contribution in [2.24, 2.45) is 0 Å². The van der Waals surface area contributed by atoms with Gasteiger partial charge in [-0.1, -0.05) is 24.3 Å². The Morgan fingerprint density at radius 3 is 2.50 bits per heavy atom. The lowest BCUT2D eigenvalue weighted by atomic mass is 10.1. The zero-order valence-corrected chi connectivity index (χ0v) is 16.1. The van der Waals surface area contributed by atoms with Gasteiger partial charge in [0.25, 0.3) is 5.69 Å². The number of hydrogen-bond donors (Lipinski definition) is 2. The maximum Gasteiger partial charge on any atom is 0.292 e. The van der Waals surface area contributed by atoms with E-state index < -0.39 is 0 Å². The molecule has 3 rings (SSSR count). The van der Waals surface area contributed by atoms with Crippen LogP contribution in [0.15, 0.2) is 48.5 Å². The molecule has 0 spiro atoms. The summed E-state index contributed by atoms with van der Waals surface area (Å²) in [5, 5.41) is 17.5. The first-order valence-electron chi connectivity index (χ1n) is 9.55. The molecular weight excluding hydrogens is 356 g/mol. The maximum absolute atomic E-state index is 11.0. The number of nitrogens with one attached hydrogen (secondary N) is 2. The highest BCUT2D eigenvalue weighted by atomic mass is 16.6. The lowest BCUT2D eigenvalue weighted by Gasteiger charge is -2.29. The predicted octanol–water partition coefficient (Wildman–Crippen LogP) is 3.60. The first-order chi connectivity index (χ1) is 13.7. The van der Waals surface area contributed by atoms with Crippen LogP contribution in [0.25, 0.3) is 0 Å². The summed E-state index contributed by atoms with van der Waals surface area (Å²) >= 11 is 0. The van der Waals surface area contributed by atoms with Crippen LogP contribution in [0.1, 0.15) is 24.8 Å². The molecule has 1 fully saturated rings. The first kappa shape index (κ1) is 21.4. The van der Waals surface area contributed by atoms with Gasteiger partial charge in [-0.3, -0.25) is 10.1 Å². The molecule has 2 N–H and O–H groups in total. The van der Waals surface area contributed by atoms with E-state index in [0.29, 0.717) is 12.2 Å². The average Bonchev–Trinajstić information content (AvgIpc) is 2.76. The molecule has 0 bridgehead atoms. The summed E-state index contributed by atoms with van der Waals surface area (Å²) in [7, 11) is 0. The van der Waals surface area contributed by atoms with Gasteiger partial charge >= 0.3 is 0 Å². The van der Waals surface area contributed by atoms with E-state index in [0.717, 1.165) is 26.2 Å². The van der Waals surface area contributed by atoms with Crippen LogP contribution in [0.2, 0.25) is 0 Å². The predicted molar refractivity (Wildman–Crippen MR) is 113 cm³/mol. The number of hydrogen-bond acceptors (Lipinski definition) is 6. The molecule has 0 aromatic heterocycles. The molecule has 7 nitrogen and oxygen atoms in total. The largest absolute Gasteiger partial charge is 0.378 e. The van der Waals surface area contributed by atoms with Gasteiger partial charge in [0.15, 0.2) is 0 Å². The fraction of sp³-hybridized carbons (Fsp3) is 0.381. The fourth-order valence-electron chi connectivity index (χ4n) is 3.32. The number of para-hydroxylation sites is 2. The van der Waals surface area contributed by atoms with Crippen molar-refractivity contribution in [2.45, 2.75) is 25.8 Å². The number of carbonyl (C=O) groups excluding carboxylic acids is 1. The van der Waals surface area contributed by atoms with Crippen LogP contribution in [-0.4, -0.2) is 37.9 Å². The molecular formula is C21H28N4O3. The Morgan fingerprint density at radius 2 is 1.75 bits per heavy atom. The lowest BCUT2D eigenvalue weighted by Crippen LogP contribution is -2.29. The quantitative estimate of drug-likeness (QED) is 0.411. The number of nitro benzene ring substituents is 1. The smallest absolute Gasteiger partial charge is 0.292 e. The van der Waals surface area contributed by atoms with Gasteiger partial charge in [-0.05, 0) is 43.0 Å². The van der Waals surface area contributed by atoms with Gasteiger partial charge in [0.1, 0.15) is 12.5 Å². The molecule has 28 heavy (non-hydrogen) atoms. The Morgan fingerprint density at radius 1 is 1.00 bits per heavy atom. The van der Waals surface area contributed by atoms with Crippen LogP contribution in [0.5, 0.6) is 0 Å². The highest BCUT2D eigenvalue weighted by Crippen LogP contribution is 2.23. The summed E-state index contributed by atoms with van der Waals surface area (Å²) in [6, 6.07) is 15.4. The molecule has 150 valence electrons. The number of piperidine rings is 1. The van der Waals surface area contributed by atoms with E-state index >= 15 is 0 Å². The Bertz CT molecular complexity index is 748. The number of nitro groups is 1. The van der Waals surface area contributed by atoms with E-state index in [1.165, 1.54) is 36.6 Å². The minimum absolute atomic E-state index is 0.113. The highest BCUT2D eigenvalue weighted by molar-refractivity contribution is 5.61. The molecule has 2 aromatic carbocycles. The van der Waals surface area contributed by atoms with Crippen molar-refractivity contribution in [3.8, 4) is 0 Å². The number of rotatable bonds is 8. The van der Waals surface area contributed by atoms with Gasteiger partial charge in [0.2, 0.25) is 0 Å². The normalized spacial score (nSPS) is 13.4. The number of anilines is 2. The summed E-state index contributed by atoms with van der Waals surface area (Å²) in [6.45, 7) is 6.46. The third kappa shape index (κ3) is 6.35. The Balaban J connectivity index is 0.00000136. The van der Waals surface area contributed by atoms with E-state index in [4.69, 9.17) is 4.79 Å². The first-order valence-corrected chi connectivity index (χ1v) is 9.55. The minimum atomic E-state index is -0.359. The third-order valence-electron chi connectivity index (χ3n) is 4.68. The third-order valence-corrected chi connectivity index (χ3v) is 4.68. The molecule has 0 amide bonds. The summed E-state index contributed by atoms with van der Waals surface area (Å²) in [5.41, 5.74) is 3.24. The molecule has 1 aliphatic rings. The molecule has 2 aromatic rings. The molecule has 0 atom stereocenters. The van der Waals surface area contributed by atoms with E-state index in [-0.39, 0.29) is 10.6 Å². The summed E-state index contributed by atoms with van der Waals surface area (Å²) in [4.78, 5) is 21.1. The van der Waals surface area contributed by atoms with Crippen molar-refractivity contribution in [1.82, 2.24) is 5.32 Å². The lowest BCUT2D eigenvalue weighted by molar-refractivity contribution is -0.384. The van der Waals surface area contributed by atoms with Gasteiger partial charge in [0, 0.05) is 44.5 Å². The van der Waals surface area contributed by atoms with Gasteiger partial charge in [0.05, 0.1) is 4.92 Å². The molecule has 0 radical (unpaired) electrons. The molecule has 7 heteroatoms. The molecule has 0 aliphatic carbocycles. The maximum atomic E-state index is 11.0. The van der Waals surface area contributed by atoms with Crippen molar-refractivity contribution < 1.29 is 9.72 Å². The molecule has 1 saturated heterocycles. The van der Waals surface area contributed by atoms with E-state index in [2.05, 4.69) is 39.8 Å². The molecule has 1 aliphatic heterocycles. The van der Waals surface area contributed by atoms with Crippen LogP contribution in [0.3, 0.4) is 0 Å². The second kappa shape index (κ2) is 11.7. The van der Waals surface area contributed by atoms with Gasteiger partial charge in [-0.2, -0.15) is 0 Å². The SMILES string of the molecule is C=O.O=[N+]([O-])c1ccccc1NCCNCc1cccc(N2CCCCC2)c1. The second-order valence-electron chi connectivity index (χ2n) is 6.60. The average molecular weight is 384 g/mol. The second-order valence-corrected chi connectivity index (χ2v) is 6.60. The standard InChI is InChI=1S/C20H26N4O2.CH2O/c25-24(26)20-10-3-2-9-19(20)22-12-11-21-16-17-7-6-8-18(15-17)23-13-4-1-5-14-23;1-2/h2-3,6-10,15,21-22H,1,4-5,11-14,16H2;1H2. The minimum Gasteiger partial charge on any atom is -0.378 e. The highest BCUT2D eigenvalue weighted by Gasteiger charge is 2.12. The van der Waals surface area contributed by atoms with Crippen LogP contribution < -0.4 is 15.5 Å². The van der Waals surface area contributed by atoms with Crippen molar-refractivity contribution in [3.05, 3.63) is 64.2 Å². The van der Waals surface area contributed by atoms with Gasteiger partial charge < -0.3 is 20.3 Å². The molecule has 0 saturated carbocycles. The Labute approximate surface area is 165 Å². The van der Waals surface area contributed by atoms with Crippen LogP contribution in [-0.2, 0) is 11.3 Å². The molecule has 1 heterocycles. The van der Waals surface area contributed by atoms with Crippen LogP contribution in [0, 0.1) is 10.1 Å². The zero-order chi connectivity index (χ0) is 20.2. The topological polar surface area (TPSA) is 87.5 Å². The van der Waals surface area contributed by atoms with Crippen molar-refractivity contribution >= 4 is 23.9 Å². The van der Waals surface area contributed by atoms with Crippen molar-refractivity contribution in [3.63, 3.8) is 0 Å². The van der Waals surface area contributed by atoms with Gasteiger partial charge in [-0.15, -0.1) is 0 Å². The molecule has 0 unspecified atom stereocenters. The monoisotopic (exact) mass is 384 g/mol. The summed E-state index contributed by atoms with van der Waals surface area (Å²) in [6.07, 6.45) is 3.89. The van der Waals surface area contributed by atoms with Crippen molar-refractivity contribution in [1.29, 1.82) is 0 Å². The summed E-state index contributed by atoms with van der Waals surface area (Å²) < 4.78 is 0. The van der Waals surface area contributed by atoms with E-state index in [9.17, 15) is 10.1 Å². The van der Waals surface area contributed by atoms with E-state index in [1.807, 2.05) is 6.79 Å². The van der Waals surface area contributed by atoms with Gasteiger partial charge in [-0.25, -0.2) is 0 Å². The van der Waals surface area contributed by atoms with Crippen LogP contribution >= 0.6 is 0 Å². The Kier molecular flexibility index (Phi) is 8.94. The van der Waals surface area contributed by atoms with Crippen molar-refractivity contribution in [2.75, 3.05) is 36.4 Å². The van der Waals surface area contributed by atoms with Crippen LogP contribution in [0.4, 0.5) is 17.1 Å². The van der Waals surface area contributed by atoms with E-state index in [1.54, 1.807) is 18.2 Å². The zero-order valence-electron chi connectivity index (χ0n) is 16.1. The summed E-state index contributed by atoms with van der Waals surface area (Å²) in [5.74, 6) is 0. The Hall–Kier alpha value is -2.93. The number of nitrogens with zero attached hydrogens (tertiary/aromatic N) is 2. The fourth-order valence-corrected chi connectivity index (χ4v) is 3.32. The number of benzene rings is 2.